The van der Waals surface area contributed by atoms with Crippen molar-refractivity contribution >= 4 is 23.9 Å². The highest BCUT2D eigenvalue weighted by Gasteiger charge is 2.31. The molecule has 9 heteroatoms. The maximum atomic E-state index is 12.4. The Balaban J connectivity index is 4.80. The summed E-state index contributed by atoms with van der Waals surface area (Å²) in [4.78, 5) is 47.6. The van der Waals surface area contributed by atoms with Gasteiger partial charge in [-0.15, -0.1) is 0 Å². The van der Waals surface area contributed by atoms with Gasteiger partial charge < -0.3 is 24.8 Å². The third-order valence-corrected chi connectivity index (χ3v) is 2.63. The summed E-state index contributed by atoms with van der Waals surface area (Å²) in [5, 5.41) is 10.5. The predicted molar refractivity (Wildman–Crippen MR) is 88.9 cm³/mol. The second-order valence-electron chi connectivity index (χ2n) is 7.45. The second-order valence-corrected chi connectivity index (χ2v) is 7.45. The smallest absolute Gasteiger partial charge is 0.404 e. The number of hydrogen-bond donors (Lipinski definition) is 2. The lowest BCUT2D eigenvalue weighted by atomic mass is 9.94. The van der Waals surface area contributed by atoms with E-state index in [2.05, 4.69) is 0 Å². The molecule has 25 heavy (non-hydrogen) atoms. The van der Waals surface area contributed by atoms with E-state index in [-0.39, 0.29) is 19.7 Å². The molecule has 0 aliphatic rings. The van der Waals surface area contributed by atoms with Crippen molar-refractivity contribution in [3.63, 3.8) is 0 Å². The van der Waals surface area contributed by atoms with Crippen LogP contribution >= 0.6 is 0 Å². The summed E-state index contributed by atoms with van der Waals surface area (Å²) in [5.41, 5.74) is -1.51. The second kappa shape index (κ2) is 9.24. The van der Waals surface area contributed by atoms with E-state index in [0.717, 1.165) is 4.90 Å². The third kappa shape index (κ3) is 11.0. The summed E-state index contributed by atoms with van der Waals surface area (Å²) < 4.78 is 10.0. The van der Waals surface area contributed by atoms with Crippen LogP contribution < -0.4 is 5.32 Å². The van der Waals surface area contributed by atoms with E-state index < -0.39 is 41.5 Å². The standard InChI is InChI=1S/C16H28N2O7/c1-15(2,3)13(21)18(10-12(20)25-16(4,5)6)9-11(19)24-8-7-17-14(22)23/h17H,7-10H2,1-6H3,(H,22,23). The number of ether oxygens (including phenoxy) is 2. The van der Waals surface area contributed by atoms with Crippen LogP contribution in [0.3, 0.4) is 0 Å². The van der Waals surface area contributed by atoms with Crippen molar-refractivity contribution in [3.8, 4) is 0 Å². The molecule has 0 aromatic heterocycles. The fraction of sp³-hybridized carbons (Fsp3) is 0.750. The van der Waals surface area contributed by atoms with E-state index in [1.165, 1.54) is 0 Å². The van der Waals surface area contributed by atoms with E-state index in [1.807, 2.05) is 5.32 Å². The Labute approximate surface area is 147 Å². The molecule has 9 nitrogen and oxygen atoms in total. The van der Waals surface area contributed by atoms with Crippen LogP contribution in [0, 0.1) is 5.41 Å². The van der Waals surface area contributed by atoms with E-state index in [1.54, 1.807) is 41.5 Å². The molecule has 0 aliphatic carbocycles. The van der Waals surface area contributed by atoms with Crippen molar-refractivity contribution in [2.45, 2.75) is 47.1 Å². The van der Waals surface area contributed by atoms with E-state index in [9.17, 15) is 19.2 Å². The van der Waals surface area contributed by atoms with Crippen molar-refractivity contribution in [3.05, 3.63) is 0 Å². The first kappa shape index (κ1) is 22.7. The molecule has 0 aromatic rings. The summed E-state index contributed by atoms with van der Waals surface area (Å²) in [6, 6.07) is 0. The van der Waals surface area contributed by atoms with Gasteiger partial charge in [0, 0.05) is 5.41 Å². The van der Waals surface area contributed by atoms with Gasteiger partial charge in [0.1, 0.15) is 25.3 Å². The molecule has 2 amide bonds. The van der Waals surface area contributed by atoms with Crippen LogP contribution in [0.1, 0.15) is 41.5 Å². The number of nitrogens with one attached hydrogen (secondary N) is 1. The van der Waals surface area contributed by atoms with Gasteiger partial charge in [-0.25, -0.2) is 4.79 Å². The minimum absolute atomic E-state index is 0.0691. The Morgan fingerprint density at radius 2 is 1.48 bits per heavy atom. The van der Waals surface area contributed by atoms with Crippen molar-refractivity contribution in [2.75, 3.05) is 26.2 Å². The molecular formula is C16H28N2O7. The lowest BCUT2D eigenvalue weighted by Gasteiger charge is -2.29. The summed E-state index contributed by atoms with van der Waals surface area (Å²) in [6.45, 7) is 9.05. The highest BCUT2D eigenvalue weighted by atomic mass is 16.6. The van der Waals surface area contributed by atoms with Gasteiger partial charge in [0.15, 0.2) is 0 Å². The molecule has 0 atom stereocenters. The van der Waals surface area contributed by atoms with Crippen molar-refractivity contribution < 1.29 is 33.8 Å². The minimum atomic E-state index is -1.23. The molecule has 0 radical (unpaired) electrons. The van der Waals surface area contributed by atoms with Gasteiger partial charge in [-0.05, 0) is 20.8 Å². The number of amides is 2. The molecule has 0 aromatic carbocycles. The molecule has 0 spiro atoms. The number of carbonyl (C=O) groups excluding carboxylic acids is 3. The molecule has 0 aliphatic heterocycles. The topological polar surface area (TPSA) is 122 Å². The Kier molecular flexibility index (Phi) is 8.38. The van der Waals surface area contributed by atoms with Gasteiger partial charge in [-0.3, -0.25) is 14.4 Å². The zero-order valence-corrected chi connectivity index (χ0v) is 15.7. The van der Waals surface area contributed by atoms with E-state index in [4.69, 9.17) is 14.6 Å². The van der Waals surface area contributed by atoms with Crippen LogP contribution in [0.4, 0.5) is 4.79 Å². The molecule has 0 heterocycles. The Hall–Kier alpha value is -2.32. The summed E-state index contributed by atoms with van der Waals surface area (Å²) >= 11 is 0. The van der Waals surface area contributed by atoms with Crippen LogP contribution in [0.2, 0.25) is 0 Å². The van der Waals surface area contributed by atoms with Gasteiger partial charge in [0.05, 0.1) is 6.54 Å². The highest BCUT2D eigenvalue weighted by Crippen LogP contribution is 2.18. The average molecular weight is 360 g/mol. The number of carboxylic acid groups (broad SMARTS) is 1. The number of hydrogen-bond acceptors (Lipinski definition) is 6. The zero-order valence-electron chi connectivity index (χ0n) is 15.7. The molecule has 144 valence electrons. The van der Waals surface area contributed by atoms with Gasteiger partial charge in [-0.1, -0.05) is 20.8 Å². The largest absolute Gasteiger partial charge is 0.465 e. The molecule has 0 fully saturated rings. The average Bonchev–Trinajstić information content (AvgIpc) is 2.38. The number of nitrogens with zero attached hydrogens (tertiary/aromatic N) is 1. The van der Waals surface area contributed by atoms with E-state index >= 15 is 0 Å². The maximum absolute atomic E-state index is 12.4. The first-order chi connectivity index (χ1) is 11.2. The molecule has 2 N–H and O–H groups in total. The Morgan fingerprint density at radius 1 is 0.960 bits per heavy atom. The minimum Gasteiger partial charge on any atom is -0.465 e. The maximum Gasteiger partial charge on any atom is 0.404 e. The van der Waals surface area contributed by atoms with Crippen LogP contribution in [-0.4, -0.2) is 65.8 Å². The zero-order chi connectivity index (χ0) is 19.8. The molecule has 0 saturated carbocycles. The van der Waals surface area contributed by atoms with Crippen molar-refractivity contribution in [1.82, 2.24) is 10.2 Å². The normalized spacial score (nSPS) is 11.4. The fourth-order valence-corrected chi connectivity index (χ4v) is 1.73. The van der Waals surface area contributed by atoms with Gasteiger partial charge in [-0.2, -0.15) is 0 Å². The van der Waals surface area contributed by atoms with Crippen LogP contribution in [0.15, 0.2) is 0 Å². The number of rotatable bonds is 7. The Bertz CT molecular complexity index is 504. The fourth-order valence-electron chi connectivity index (χ4n) is 1.73. The van der Waals surface area contributed by atoms with Crippen molar-refractivity contribution in [2.24, 2.45) is 5.41 Å². The van der Waals surface area contributed by atoms with Crippen LogP contribution in [0.5, 0.6) is 0 Å². The number of esters is 2. The molecule has 0 rings (SSSR count). The quantitative estimate of drug-likeness (QED) is 0.513. The molecule has 0 bridgehead atoms. The molecular weight excluding hydrogens is 332 g/mol. The molecule has 0 unspecified atom stereocenters. The monoisotopic (exact) mass is 360 g/mol. The first-order valence-electron chi connectivity index (χ1n) is 7.86. The van der Waals surface area contributed by atoms with Gasteiger partial charge >= 0.3 is 18.0 Å². The van der Waals surface area contributed by atoms with Crippen molar-refractivity contribution in [1.29, 1.82) is 0 Å². The highest BCUT2D eigenvalue weighted by molar-refractivity contribution is 5.88. The van der Waals surface area contributed by atoms with Gasteiger partial charge in [0.2, 0.25) is 5.91 Å². The lowest BCUT2D eigenvalue weighted by Crippen LogP contribution is -2.46. The third-order valence-electron chi connectivity index (χ3n) is 2.63. The van der Waals surface area contributed by atoms with Gasteiger partial charge in [0.25, 0.3) is 0 Å². The predicted octanol–water partition coefficient (Wildman–Crippen LogP) is 1.01. The SMILES string of the molecule is CC(C)(C)OC(=O)CN(CC(=O)OCCNC(=O)O)C(=O)C(C)(C)C. The Morgan fingerprint density at radius 3 is 1.92 bits per heavy atom. The lowest BCUT2D eigenvalue weighted by molar-refractivity contribution is -0.162. The van der Waals surface area contributed by atoms with Crippen LogP contribution in [0.25, 0.3) is 0 Å². The summed E-state index contributed by atoms with van der Waals surface area (Å²) in [6.07, 6.45) is -1.23. The van der Waals surface area contributed by atoms with E-state index in [0.29, 0.717) is 0 Å². The summed E-state index contributed by atoms with van der Waals surface area (Å²) in [5.74, 6) is -1.78. The molecule has 0 saturated heterocycles. The number of carbonyl (C=O) groups is 4. The summed E-state index contributed by atoms with van der Waals surface area (Å²) in [7, 11) is 0. The first-order valence-corrected chi connectivity index (χ1v) is 7.86. The van der Waals surface area contributed by atoms with Crippen LogP contribution in [-0.2, 0) is 23.9 Å².